The summed E-state index contributed by atoms with van der Waals surface area (Å²) in [5.74, 6) is 1.86. The zero-order valence-electron chi connectivity index (χ0n) is 11.6. The highest BCUT2D eigenvalue weighted by Gasteiger charge is 2.07. The Hall–Kier alpha value is -1.81. The lowest BCUT2D eigenvalue weighted by Gasteiger charge is -2.07. The van der Waals surface area contributed by atoms with Crippen molar-refractivity contribution < 1.29 is 9.47 Å². The number of hydrogen-bond donors (Lipinski definition) is 0. The Kier molecular flexibility index (Phi) is 5.18. The minimum Gasteiger partial charge on any atom is -0.494 e. The topological polar surface area (TPSA) is 44.2 Å². The number of benzene rings is 1. The van der Waals surface area contributed by atoms with Gasteiger partial charge in [0.25, 0.3) is 0 Å². The third-order valence-corrected chi connectivity index (χ3v) is 2.74. The van der Waals surface area contributed by atoms with E-state index in [1.807, 2.05) is 31.2 Å². The molecule has 0 aliphatic carbocycles. The highest BCUT2D eigenvalue weighted by Crippen LogP contribution is 2.23. The minimum atomic E-state index is 0.366. The first-order valence-corrected chi connectivity index (χ1v) is 7.01. The van der Waals surface area contributed by atoms with Crippen LogP contribution in [0.3, 0.4) is 0 Å². The Morgan fingerprint density at radius 1 is 1.05 bits per heavy atom. The van der Waals surface area contributed by atoms with Gasteiger partial charge in [0.05, 0.1) is 13.2 Å². The lowest BCUT2D eigenvalue weighted by atomic mass is 10.2. The molecule has 5 heteroatoms. The van der Waals surface area contributed by atoms with E-state index in [0.29, 0.717) is 30.1 Å². The van der Waals surface area contributed by atoms with Gasteiger partial charge in [-0.15, -0.1) is 0 Å². The third-order valence-electron chi connectivity index (χ3n) is 2.55. The standard InChI is InChI=1S/C15H17ClN2O2/c1-3-9-20-12-7-5-11(6-8-12)15-17-13(16)10-14(18-15)19-4-2/h5-8,10H,3-4,9H2,1-2H3. The van der Waals surface area contributed by atoms with Gasteiger partial charge in [-0.25, -0.2) is 4.98 Å². The van der Waals surface area contributed by atoms with E-state index in [4.69, 9.17) is 21.1 Å². The lowest BCUT2D eigenvalue weighted by Crippen LogP contribution is -1.98. The van der Waals surface area contributed by atoms with E-state index in [1.165, 1.54) is 0 Å². The number of halogens is 1. The molecule has 0 saturated carbocycles. The number of ether oxygens (including phenoxy) is 2. The molecule has 2 rings (SSSR count). The van der Waals surface area contributed by atoms with Gasteiger partial charge in [0.1, 0.15) is 10.9 Å². The molecule has 0 bridgehead atoms. The number of nitrogens with zero attached hydrogens (tertiary/aromatic N) is 2. The maximum Gasteiger partial charge on any atom is 0.218 e. The summed E-state index contributed by atoms with van der Waals surface area (Å²) in [6.45, 7) is 5.22. The molecular formula is C15H17ClN2O2. The maximum atomic E-state index is 5.98. The van der Waals surface area contributed by atoms with Crippen LogP contribution in [0.25, 0.3) is 11.4 Å². The lowest BCUT2D eigenvalue weighted by molar-refractivity contribution is 0.317. The molecule has 0 unspecified atom stereocenters. The number of rotatable bonds is 6. The van der Waals surface area contributed by atoms with Crippen molar-refractivity contribution >= 4 is 11.6 Å². The monoisotopic (exact) mass is 292 g/mol. The molecule has 0 aliphatic heterocycles. The molecule has 4 nitrogen and oxygen atoms in total. The predicted molar refractivity (Wildman–Crippen MR) is 79.4 cm³/mol. The van der Waals surface area contributed by atoms with Crippen molar-refractivity contribution in [2.24, 2.45) is 0 Å². The molecule has 1 aromatic heterocycles. The van der Waals surface area contributed by atoms with Gasteiger partial charge in [-0.05, 0) is 37.6 Å². The fourth-order valence-corrected chi connectivity index (χ4v) is 1.84. The van der Waals surface area contributed by atoms with Crippen LogP contribution in [0.4, 0.5) is 0 Å². The molecule has 0 spiro atoms. The van der Waals surface area contributed by atoms with E-state index >= 15 is 0 Å². The van der Waals surface area contributed by atoms with Crippen molar-refractivity contribution in [2.75, 3.05) is 13.2 Å². The molecule has 0 atom stereocenters. The summed E-state index contributed by atoms with van der Waals surface area (Å²) < 4.78 is 10.9. The molecule has 0 N–H and O–H groups in total. The normalized spacial score (nSPS) is 10.3. The quantitative estimate of drug-likeness (QED) is 0.755. The van der Waals surface area contributed by atoms with Crippen LogP contribution in [-0.2, 0) is 0 Å². The van der Waals surface area contributed by atoms with E-state index in [-0.39, 0.29) is 0 Å². The van der Waals surface area contributed by atoms with Crippen LogP contribution in [0.15, 0.2) is 30.3 Å². The van der Waals surface area contributed by atoms with Crippen LogP contribution >= 0.6 is 11.6 Å². The van der Waals surface area contributed by atoms with Gasteiger partial charge in [-0.3, -0.25) is 0 Å². The zero-order chi connectivity index (χ0) is 14.4. The smallest absolute Gasteiger partial charge is 0.218 e. The van der Waals surface area contributed by atoms with Crippen LogP contribution in [-0.4, -0.2) is 23.2 Å². The summed E-state index contributed by atoms with van der Waals surface area (Å²) in [5.41, 5.74) is 0.873. The number of aromatic nitrogens is 2. The van der Waals surface area contributed by atoms with Crippen LogP contribution in [0.2, 0.25) is 5.15 Å². The zero-order valence-corrected chi connectivity index (χ0v) is 12.4. The molecule has 0 fully saturated rings. The van der Waals surface area contributed by atoms with Gasteiger partial charge >= 0.3 is 0 Å². The molecule has 0 amide bonds. The van der Waals surface area contributed by atoms with E-state index in [9.17, 15) is 0 Å². The first kappa shape index (κ1) is 14.6. The highest BCUT2D eigenvalue weighted by atomic mass is 35.5. The molecular weight excluding hydrogens is 276 g/mol. The van der Waals surface area contributed by atoms with Gasteiger partial charge < -0.3 is 9.47 Å². The summed E-state index contributed by atoms with van der Waals surface area (Å²) >= 11 is 5.98. The van der Waals surface area contributed by atoms with E-state index in [1.54, 1.807) is 6.07 Å². The fourth-order valence-electron chi connectivity index (χ4n) is 1.67. The number of hydrogen-bond acceptors (Lipinski definition) is 4. The van der Waals surface area contributed by atoms with Gasteiger partial charge in [0.2, 0.25) is 5.88 Å². The first-order chi connectivity index (χ1) is 9.72. The van der Waals surface area contributed by atoms with Crippen LogP contribution in [0.1, 0.15) is 20.3 Å². The maximum absolute atomic E-state index is 5.98. The molecule has 20 heavy (non-hydrogen) atoms. The average molecular weight is 293 g/mol. The summed E-state index contributed by atoms with van der Waals surface area (Å²) in [7, 11) is 0. The van der Waals surface area contributed by atoms with Crippen molar-refractivity contribution in [2.45, 2.75) is 20.3 Å². The SMILES string of the molecule is CCCOc1ccc(-c2nc(Cl)cc(OCC)n2)cc1. The van der Waals surface area contributed by atoms with Crippen molar-refractivity contribution in [1.29, 1.82) is 0 Å². The fraction of sp³-hybridized carbons (Fsp3) is 0.333. The molecule has 1 heterocycles. The van der Waals surface area contributed by atoms with Crippen molar-refractivity contribution in [3.8, 4) is 23.0 Å². The Morgan fingerprint density at radius 3 is 2.45 bits per heavy atom. The molecule has 0 aliphatic rings. The minimum absolute atomic E-state index is 0.366. The second-order valence-electron chi connectivity index (χ2n) is 4.16. The molecule has 2 aromatic rings. The van der Waals surface area contributed by atoms with Crippen LogP contribution in [0.5, 0.6) is 11.6 Å². The molecule has 106 valence electrons. The second kappa shape index (κ2) is 7.10. The van der Waals surface area contributed by atoms with E-state index in [2.05, 4.69) is 16.9 Å². The van der Waals surface area contributed by atoms with Gasteiger partial charge in [-0.1, -0.05) is 18.5 Å². The van der Waals surface area contributed by atoms with Crippen molar-refractivity contribution in [3.63, 3.8) is 0 Å². The second-order valence-corrected chi connectivity index (χ2v) is 4.55. The predicted octanol–water partition coefficient (Wildman–Crippen LogP) is 3.98. The van der Waals surface area contributed by atoms with Crippen LogP contribution in [0, 0.1) is 0 Å². The van der Waals surface area contributed by atoms with Gasteiger partial charge in [0, 0.05) is 11.6 Å². The summed E-state index contributed by atoms with van der Waals surface area (Å²) in [4.78, 5) is 8.54. The third kappa shape index (κ3) is 3.84. The Labute approximate surface area is 123 Å². The molecule has 1 aromatic carbocycles. The largest absolute Gasteiger partial charge is 0.494 e. The Morgan fingerprint density at radius 2 is 1.80 bits per heavy atom. The van der Waals surface area contributed by atoms with Crippen molar-refractivity contribution in [3.05, 3.63) is 35.5 Å². The van der Waals surface area contributed by atoms with Crippen LogP contribution < -0.4 is 9.47 Å². The van der Waals surface area contributed by atoms with E-state index in [0.717, 1.165) is 17.7 Å². The molecule has 0 radical (unpaired) electrons. The highest BCUT2D eigenvalue weighted by molar-refractivity contribution is 6.29. The summed E-state index contributed by atoms with van der Waals surface area (Å²) in [6, 6.07) is 9.22. The molecule has 0 saturated heterocycles. The Balaban J connectivity index is 2.22. The van der Waals surface area contributed by atoms with Gasteiger partial charge in [0.15, 0.2) is 5.82 Å². The average Bonchev–Trinajstić information content (AvgIpc) is 2.45. The van der Waals surface area contributed by atoms with Crippen molar-refractivity contribution in [1.82, 2.24) is 9.97 Å². The first-order valence-electron chi connectivity index (χ1n) is 6.63. The summed E-state index contributed by atoms with van der Waals surface area (Å²) in [5, 5.41) is 0.366. The van der Waals surface area contributed by atoms with E-state index < -0.39 is 0 Å². The summed E-state index contributed by atoms with van der Waals surface area (Å²) in [6.07, 6.45) is 0.983. The Bertz CT molecular complexity index is 558. The van der Waals surface area contributed by atoms with Gasteiger partial charge in [-0.2, -0.15) is 4.98 Å².